The first-order chi connectivity index (χ1) is 18.7. The molecule has 4 nitrogen and oxygen atoms in total. The molecule has 5 fully saturated rings. The third-order valence-corrected chi connectivity index (χ3v) is 14.7. The maximum Gasteiger partial charge on any atom is 0.337 e. The number of nitrogens with two attached hydrogens (primary N) is 2. The van der Waals surface area contributed by atoms with Crippen LogP contribution >= 0.6 is 0 Å². The maximum atomic E-state index is 12.0. The number of carbonyl (C=O) groups is 1. The minimum atomic E-state index is -0.258. The molecule has 1 aromatic carbocycles. The fraction of sp³-hybridized carbons (Fsp3) is 0.806. The number of hydrogen-bond acceptors (Lipinski definition) is 4. The molecule has 40 heavy (non-hydrogen) atoms. The fourth-order valence-electron chi connectivity index (χ4n) is 12.7. The van der Waals surface area contributed by atoms with Crippen LogP contribution in [0.4, 0.5) is 0 Å². The molecular formula is C36H56N2O2. The molecule has 222 valence electrons. The molecule has 0 bridgehead atoms. The lowest BCUT2D eigenvalue weighted by Gasteiger charge is -2.72. The molecule has 1 aromatic rings. The summed E-state index contributed by atoms with van der Waals surface area (Å²) in [6, 6.07) is 8.28. The van der Waals surface area contributed by atoms with Crippen molar-refractivity contribution in [3.05, 3.63) is 35.4 Å². The molecule has 0 radical (unpaired) electrons. The standard InChI is InChI=1S/C36H56N2O2/c1-22(2)25-14-19-35(37)20-21-36(38)27(30(25)35)12-13-29-33(5)17-15-26(23-8-10-24(11-9-23)31(39)40-7)32(3,4)28(33)16-18-34(29,36)6/h8-11,22,25-30H,12-21,37-38H2,1-7H3/t25-,26?,27+,28-,29+,30+,33-,34+,35-,36-/m0/s1. The largest absolute Gasteiger partial charge is 0.465 e. The zero-order chi connectivity index (χ0) is 28.9. The van der Waals surface area contributed by atoms with E-state index in [4.69, 9.17) is 16.2 Å². The highest BCUT2D eigenvalue weighted by molar-refractivity contribution is 5.89. The average molecular weight is 549 g/mol. The van der Waals surface area contributed by atoms with Crippen molar-refractivity contribution < 1.29 is 9.53 Å². The van der Waals surface area contributed by atoms with E-state index in [0.29, 0.717) is 46.5 Å². The van der Waals surface area contributed by atoms with Gasteiger partial charge in [0.1, 0.15) is 0 Å². The molecule has 0 saturated heterocycles. The Labute approximate surface area is 243 Å². The van der Waals surface area contributed by atoms with Crippen LogP contribution in [-0.2, 0) is 4.74 Å². The van der Waals surface area contributed by atoms with Crippen molar-refractivity contribution in [3.63, 3.8) is 0 Å². The van der Waals surface area contributed by atoms with Gasteiger partial charge in [-0.3, -0.25) is 0 Å². The summed E-state index contributed by atoms with van der Waals surface area (Å²) in [4.78, 5) is 12.0. The van der Waals surface area contributed by atoms with Crippen molar-refractivity contribution in [2.24, 2.45) is 63.2 Å². The van der Waals surface area contributed by atoms with Gasteiger partial charge < -0.3 is 16.2 Å². The predicted molar refractivity (Wildman–Crippen MR) is 163 cm³/mol. The van der Waals surface area contributed by atoms with Gasteiger partial charge in [-0.2, -0.15) is 0 Å². The van der Waals surface area contributed by atoms with E-state index in [-0.39, 0.29) is 27.9 Å². The third kappa shape index (κ3) is 3.73. The van der Waals surface area contributed by atoms with Crippen LogP contribution in [0.5, 0.6) is 0 Å². The number of hydrogen-bond donors (Lipinski definition) is 2. The summed E-state index contributed by atoms with van der Waals surface area (Å²) in [6.45, 7) is 15.2. The molecule has 0 aliphatic heterocycles. The van der Waals surface area contributed by atoms with Gasteiger partial charge in [0.2, 0.25) is 0 Å². The van der Waals surface area contributed by atoms with Gasteiger partial charge in [-0.15, -0.1) is 0 Å². The van der Waals surface area contributed by atoms with Gasteiger partial charge in [-0.25, -0.2) is 4.79 Å². The SMILES string of the molecule is COC(=O)c1ccc(C2CC[C@]3(C)[C@H]4CC[C@@H]5[C@H]6[C@H](C(C)C)CC[C@]6(N)CC[C@@]5(N)[C@]4(C)CC[C@H]3C2(C)C)cc1. The van der Waals surface area contributed by atoms with Crippen LogP contribution in [0.1, 0.15) is 128 Å². The van der Waals surface area contributed by atoms with E-state index in [0.717, 1.165) is 18.8 Å². The van der Waals surface area contributed by atoms with E-state index < -0.39 is 0 Å². The smallest absolute Gasteiger partial charge is 0.337 e. The Morgan fingerprint density at radius 3 is 2.20 bits per heavy atom. The van der Waals surface area contributed by atoms with Crippen LogP contribution in [-0.4, -0.2) is 24.2 Å². The van der Waals surface area contributed by atoms with Gasteiger partial charge in [0.25, 0.3) is 0 Å². The molecule has 1 unspecified atom stereocenters. The minimum Gasteiger partial charge on any atom is -0.465 e. The lowest BCUT2D eigenvalue weighted by Crippen LogP contribution is -2.75. The summed E-state index contributed by atoms with van der Waals surface area (Å²) < 4.78 is 4.94. The molecule has 0 amide bonds. The van der Waals surface area contributed by atoms with Crippen molar-refractivity contribution in [2.75, 3.05) is 7.11 Å². The van der Waals surface area contributed by atoms with Crippen LogP contribution in [0, 0.1) is 51.8 Å². The van der Waals surface area contributed by atoms with Crippen LogP contribution in [0.2, 0.25) is 0 Å². The minimum absolute atomic E-state index is 0.0102. The van der Waals surface area contributed by atoms with Crippen molar-refractivity contribution >= 4 is 5.97 Å². The first kappa shape index (κ1) is 28.7. The second kappa shape index (κ2) is 9.30. The summed E-state index contributed by atoms with van der Waals surface area (Å²) >= 11 is 0. The van der Waals surface area contributed by atoms with Crippen molar-refractivity contribution in [1.82, 2.24) is 0 Å². The second-order valence-electron chi connectivity index (χ2n) is 16.5. The normalized spacial score (nSPS) is 47.5. The monoisotopic (exact) mass is 548 g/mol. The van der Waals surface area contributed by atoms with Gasteiger partial charge in [0.15, 0.2) is 0 Å². The second-order valence-corrected chi connectivity index (χ2v) is 16.5. The van der Waals surface area contributed by atoms with E-state index in [1.807, 2.05) is 12.1 Å². The first-order valence-electron chi connectivity index (χ1n) is 16.5. The summed E-state index contributed by atoms with van der Waals surface area (Å²) in [5, 5.41) is 0. The molecule has 10 atom stereocenters. The topological polar surface area (TPSA) is 78.3 Å². The first-order valence-corrected chi connectivity index (χ1v) is 16.5. The van der Waals surface area contributed by atoms with E-state index in [1.165, 1.54) is 64.0 Å². The molecule has 4 heteroatoms. The van der Waals surface area contributed by atoms with Crippen molar-refractivity contribution in [1.29, 1.82) is 0 Å². The number of benzene rings is 1. The summed E-state index contributed by atoms with van der Waals surface area (Å²) in [6.07, 6.45) is 12.3. The Hall–Kier alpha value is -1.39. The van der Waals surface area contributed by atoms with Crippen molar-refractivity contribution in [3.8, 4) is 0 Å². The zero-order valence-corrected chi connectivity index (χ0v) is 26.4. The molecule has 0 spiro atoms. The highest BCUT2D eigenvalue weighted by atomic mass is 16.5. The van der Waals surface area contributed by atoms with Gasteiger partial charge >= 0.3 is 5.97 Å². The Kier molecular flexibility index (Phi) is 6.68. The number of carbonyl (C=O) groups excluding carboxylic acids is 1. The number of methoxy groups -OCH3 is 1. The van der Waals surface area contributed by atoms with E-state index in [9.17, 15) is 4.79 Å². The average Bonchev–Trinajstić information content (AvgIpc) is 3.26. The lowest BCUT2D eigenvalue weighted by molar-refractivity contribution is -0.205. The lowest BCUT2D eigenvalue weighted by atomic mass is 9.34. The van der Waals surface area contributed by atoms with Gasteiger partial charge in [-0.05, 0) is 140 Å². The van der Waals surface area contributed by atoms with Crippen LogP contribution in [0.3, 0.4) is 0 Å². The molecule has 0 heterocycles. The van der Waals surface area contributed by atoms with Crippen LogP contribution < -0.4 is 11.5 Å². The van der Waals surface area contributed by atoms with E-state index in [1.54, 1.807) is 0 Å². The summed E-state index contributed by atoms with van der Waals surface area (Å²) in [5.74, 6) is 4.17. The number of rotatable bonds is 3. The Bertz CT molecular complexity index is 1140. The quantitative estimate of drug-likeness (QED) is 0.379. The number of ether oxygens (including phenoxy) is 1. The van der Waals surface area contributed by atoms with Crippen LogP contribution in [0.25, 0.3) is 0 Å². The maximum absolute atomic E-state index is 12.0. The van der Waals surface area contributed by atoms with Gasteiger partial charge in [0, 0.05) is 11.1 Å². The van der Waals surface area contributed by atoms with Gasteiger partial charge in [0.05, 0.1) is 12.7 Å². The zero-order valence-electron chi connectivity index (χ0n) is 26.4. The highest BCUT2D eigenvalue weighted by Crippen LogP contribution is 2.74. The van der Waals surface area contributed by atoms with E-state index in [2.05, 4.69) is 53.7 Å². The molecular weight excluding hydrogens is 492 g/mol. The summed E-state index contributed by atoms with van der Waals surface area (Å²) in [5.41, 5.74) is 17.7. The molecule has 6 rings (SSSR count). The van der Waals surface area contributed by atoms with Crippen LogP contribution in [0.15, 0.2) is 24.3 Å². The Morgan fingerprint density at radius 1 is 0.850 bits per heavy atom. The molecule has 5 saturated carbocycles. The third-order valence-electron chi connectivity index (χ3n) is 14.7. The molecule has 5 aliphatic rings. The summed E-state index contributed by atoms with van der Waals surface area (Å²) in [7, 11) is 1.45. The molecule has 4 N–H and O–H groups in total. The number of esters is 1. The fourth-order valence-corrected chi connectivity index (χ4v) is 12.7. The number of fused-ring (bicyclic) bond motifs is 7. The van der Waals surface area contributed by atoms with Crippen molar-refractivity contribution in [2.45, 2.75) is 123 Å². The molecule has 5 aliphatic carbocycles. The predicted octanol–water partition coefficient (Wildman–Crippen LogP) is 7.70. The highest BCUT2D eigenvalue weighted by Gasteiger charge is 2.71. The van der Waals surface area contributed by atoms with Gasteiger partial charge in [-0.1, -0.05) is 53.7 Å². The molecule has 0 aromatic heterocycles. The Balaban J connectivity index is 1.30. The van der Waals surface area contributed by atoms with E-state index >= 15 is 0 Å². The Morgan fingerprint density at radius 2 is 1.55 bits per heavy atom.